The van der Waals surface area contributed by atoms with Crippen molar-refractivity contribution in [3.8, 4) is 0 Å². The van der Waals surface area contributed by atoms with E-state index >= 15 is 0 Å². The van der Waals surface area contributed by atoms with Crippen molar-refractivity contribution in [1.29, 1.82) is 0 Å². The van der Waals surface area contributed by atoms with Gasteiger partial charge in [0.1, 0.15) is 5.69 Å². The van der Waals surface area contributed by atoms with E-state index in [1.54, 1.807) is 13.0 Å². The van der Waals surface area contributed by atoms with Crippen molar-refractivity contribution in [2.75, 3.05) is 19.6 Å². The molecule has 102 valence electrons. The molecule has 3 nitrogen and oxygen atoms in total. The number of likely N-dealkylation sites (tertiary alicyclic amines) is 1. The summed E-state index contributed by atoms with van der Waals surface area (Å²) in [6.07, 6.45) is 6.67. The number of rotatable bonds is 4. The predicted molar refractivity (Wildman–Crippen MR) is 75.3 cm³/mol. The van der Waals surface area contributed by atoms with Crippen LogP contribution >= 0.6 is 0 Å². The van der Waals surface area contributed by atoms with Gasteiger partial charge in [-0.05, 0) is 30.4 Å². The highest BCUT2D eigenvalue weighted by Crippen LogP contribution is 2.45. The molecule has 0 unspecified atom stereocenters. The third kappa shape index (κ3) is 2.71. The van der Waals surface area contributed by atoms with E-state index in [2.05, 4.69) is 9.88 Å². The number of hydrogen-bond acceptors (Lipinski definition) is 3. The van der Waals surface area contributed by atoms with Crippen molar-refractivity contribution >= 4 is 5.78 Å². The largest absolute Gasteiger partial charge is 0.302 e. The van der Waals surface area contributed by atoms with Gasteiger partial charge in [-0.15, -0.1) is 0 Å². The fourth-order valence-electron chi connectivity index (χ4n) is 3.59. The summed E-state index contributed by atoms with van der Waals surface area (Å²) in [4.78, 5) is 18.3. The van der Waals surface area contributed by atoms with Gasteiger partial charge in [-0.3, -0.25) is 4.79 Å². The second kappa shape index (κ2) is 5.04. The Bertz CT molecular complexity index is 469. The zero-order valence-corrected chi connectivity index (χ0v) is 11.7. The highest BCUT2D eigenvalue weighted by molar-refractivity contribution is 5.92. The molecule has 1 spiro atoms. The van der Waals surface area contributed by atoms with Crippen molar-refractivity contribution in [3.05, 3.63) is 29.6 Å². The summed E-state index contributed by atoms with van der Waals surface area (Å²) in [5, 5.41) is 0. The first-order valence-corrected chi connectivity index (χ1v) is 7.36. The Morgan fingerprint density at radius 1 is 1.32 bits per heavy atom. The van der Waals surface area contributed by atoms with Crippen LogP contribution in [0.5, 0.6) is 0 Å². The number of hydrogen-bond donors (Lipinski definition) is 0. The predicted octanol–water partition coefficient (Wildman–Crippen LogP) is 2.70. The molecule has 19 heavy (non-hydrogen) atoms. The van der Waals surface area contributed by atoms with Crippen LogP contribution in [0.3, 0.4) is 0 Å². The third-order valence-corrected chi connectivity index (χ3v) is 4.63. The number of carbonyl (C=O) groups excluding carboxylic acids is 1. The molecule has 2 aliphatic rings. The Kier molecular flexibility index (Phi) is 3.40. The Morgan fingerprint density at radius 2 is 2.05 bits per heavy atom. The third-order valence-electron chi connectivity index (χ3n) is 4.63. The Balaban J connectivity index is 1.50. The standard InChI is InChI=1S/C16H22N2O/c1-13(19)15-6-4-5-14(17-15)7-10-18-11-16(12-18)8-2-3-9-16/h4-6H,2-3,7-12H2,1H3. The fraction of sp³-hybridized carbons (Fsp3) is 0.625. The summed E-state index contributed by atoms with van der Waals surface area (Å²) in [6, 6.07) is 5.76. The minimum atomic E-state index is 0.0516. The van der Waals surface area contributed by atoms with Gasteiger partial charge in [0.15, 0.2) is 5.78 Å². The topological polar surface area (TPSA) is 33.2 Å². The van der Waals surface area contributed by atoms with Crippen LogP contribution in [0, 0.1) is 5.41 Å². The lowest BCUT2D eigenvalue weighted by Crippen LogP contribution is -2.55. The van der Waals surface area contributed by atoms with Crippen molar-refractivity contribution < 1.29 is 4.79 Å². The summed E-state index contributed by atoms with van der Waals surface area (Å²) in [7, 11) is 0. The van der Waals surface area contributed by atoms with Gasteiger partial charge in [-0.2, -0.15) is 0 Å². The maximum absolute atomic E-state index is 11.3. The lowest BCUT2D eigenvalue weighted by Gasteiger charge is -2.48. The first-order chi connectivity index (χ1) is 9.17. The van der Waals surface area contributed by atoms with Crippen molar-refractivity contribution in [3.63, 3.8) is 0 Å². The molecule has 0 bridgehead atoms. The summed E-state index contributed by atoms with van der Waals surface area (Å²) in [5.74, 6) is 0.0516. The highest BCUT2D eigenvalue weighted by Gasteiger charge is 2.43. The molecule has 0 N–H and O–H groups in total. The minimum Gasteiger partial charge on any atom is -0.302 e. The number of Topliss-reactive ketones (excluding diaryl/α,β-unsaturated/α-hetero) is 1. The zero-order valence-electron chi connectivity index (χ0n) is 11.7. The highest BCUT2D eigenvalue weighted by atomic mass is 16.1. The second-order valence-corrected chi connectivity index (χ2v) is 6.24. The Labute approximate surface area is 115 Å². The molecular weight excluding hydrogens is 236 g/mol. The van der Waals surface area contributed by atoms with Crippen LogP contribution in [-0.2, 0) is 6.42 Å². The molecule has 0 atom stereocenters. The van der Waals surface area contributed by atoms with Crippen LogP contribution in [0.1, 0.15) is 48.8 Å². The van der Waals surface area contributed by atoms with Crippen molar-refractivity contribution in [1.82, 2.24) is 9.88 Å². The molecule has 3 heteroatoms. The van der Waals surface area contributed by atoms with Gasteiger partial charge >= 0.3 is 0 Å². The average molecular weight is 258 g/mol. The molecule has 1 aliphatic heterocycles. The number of ketones is 1. The molecule has 0 amide bonds. The summed E-state index contributed by atoms with van der Waals surface area (Å²) in [5.41, 5.74) is 2.31. The van der Waals surface area contributed by atoms with Gasteiger partial charge < -0.3 is 4.90 Å². The molecule has 3 rings (SSSR count). The molecule has 2 heterocycles. The summed E-state index contributed by atoms with van der Waals surface area (Å²) >= 11 is 0. The quantitative estimate of drug-likeness (QED) is 0.779. The average Bonchev–Trinajstić information content (AvgIpc) is 2.85. The van der Waals surface area contributed by atoms with E-state index < -0.39 is 0 Å². The number of aromatic nitrogens is 1. The first kappa shape index (κ1) is 12.8. The van der Waals surface area contributed by atoms with Crippen LogP contribution in [0.2, 0.25) is 0 Å². The lowest BCUT2D eigenvalue weighted by atomic mass is 9.78. The van der Waals surface area contributed by atoms with Crippen molar-refractivity contribution in [2.45, 2.75) is 39.0 Å². The SMILES string of the molecule is CC(=O)c1cccc(CCN2CC3(CCCC3)C2)n1. The monoisotopic (exact) mass is 258 g/mol. The molecule has 2 fully saturated rings. The summed E-state index contributed by atoms with van der Waals surface area (Å²) in [6.45, 7) is 5.21. The normalized spacial score (nSPS) is 21.5. The van der Waals surface area contributed by atoms with Crippen LogP contribution in [-0.4, -0.2) is 35.3 Å². The maximum atomic E-state index is 11.3. The summed E-state index contributed by atoms with van der Waals surface area (Å²) < 4.78 is 0. The second-order valence-electron chi connectivity index (χ2n) is 6.24. The maximum Gasteiger partial charge on any atom is 0.178 e. The van der Waals surface area contributed by atoms with E-state index in [-0.39, 0.29) is 5.78 Å². The van der Waals surface area contributed by atoms with Gasteiger partial charge in [-0.25, -0.2) is 4.98 Å². The fourth-order valence-corrected chi connectivity index (χ4v) is 3.59. The van der Waals surface area contributed by atoms with E-state index in [1.807, 2.05) is 12.1 Å². The van der Waals surface area contributed by atoms with Gasteiger partial charge in [0.2, 0.25) is 0 Å². The van der Waals surface area contributed by atoms with Crippen LogP contribution in [0.15, 0.2) is 18.2 Å². The number of nitrogens with zero attached hydrogens (tertiary/aromatic N) is 2. The van der Waals surface area contributed by atoms with Crippen LogP contribution in [0.4, 0.5) is 0 Å². The first-order valence-electron chi connectivity index (χ1n) is 7.36. The van der Waals surface area contributed by atoms with E-state index in [0.717, 1.165) is 18.7 Å². The smallest absolute Gasteiger partial charge is 0.178 e. The van der Waals surface area contributed by atoms with E-state index in [1.165, 1.54) is 38.8 Å². The number of pyridine rings is 1. The molecule has 0 aromatic carbocycles. The van der Waals surface area contributed by atoms with Gasteiger partial charge in [0.05, 0.1) is 0 Å². The zero-order chi connectivity index (χ0) is 13.3. The minimum absolute atomic E-state index is 0.0516. The van der Waals surface area contributed by atoms with Gasteiger partial charge in [0, 0.05) is 38.7 Å². The molecular formula is C16H22N2O. The van der Waals surface area contributed by atoms with E-state index in [4.69, 9.17) is 0 Å². The number of carbonyl (C=O) groups is 1. The molecule has 0 radical (unpaired) electrons. The van der Waals surface area contributed by atoms with Crippen LogP contribution < -0.4 is 0 Å². The molecule has 1 saturated carbocycles. The molecule has 1 aliphatic carbocycles. The Hall–Kier alpha value is -1.22. The van der Waals surface area contributed by atoms with E-state index in [9.17, 15) is 4.79 Å². The Morgan fingerprint density at radius 3 is 2.74 bits per heavy atom. The van der Waals surface area contributed by atoms with Gasteiger partial charge in [0.25, 0.3) is 0 Å². The van der Waals surface area contributed by atoms with Gasteiger partial charge in [-0.1, -0.05) is 18.9 Å². The molecule has 1 aromatic rings. The molecule has 1 saturated heterocycles. The van der Waals surface area contributed by atoms with Crippen LogP contribution in [0.25, 0.3) is 0 Å². The lowest BCUT2D eigenvalue weighted by molar-refractivity contribution is 0.00715. The van der Waals surface area contributed by atoms with E-state index in [0.29, 0.717) is 11.1 Å². The van der Waals surface area contributed by atoms with Crippen molar-refractivity contribution in [2.24, 2.45) is 5.41 Å². The molecule has 1 aromatic heterocycles.